The number of nitrogens with zero attached hydrogens (tertiary/aromatic N) is 4. The van der Waals surface area contributed by atoms with Crippen LogP contribution < -0.4 is 14.8 Å². The number of hydrogen-bond acceptors (Lipinski definition) is 8. The Morgan fingerprint density at radius 2 is 1.83 bits per heavy atom. The number of sulfonamides is 1. The Morgan fingerprint density at radius 3 is 2.44 bits per heavy atom. The van der Waals surface area contributed by atoms with E-state index in [0.29, 0.717) is 40.9 Å². The lowest BCUT2D eigenvalue weighted by Gasteiger charge is -2.17. The molecule has 10 nitrogen and oxygen atoms in total. The predicted octanol–water partition coefficient (Wildman–Crippen LogP) is 4.44. The van der Waals surface area contributed by atoms with E-state index in [1.165, 1.54) is 43.5 Å². The molecule has 0 unspecified atom stereocenters. The molecule has 0 fully saturated rings. The standard InChI is InChI=1S/C25H25N5O5S/c1-5-35-22-11-6-18(14-23(22)34-4)13-19(15-26)25(31)29-20-7-9-21(10-8-20)36(32,33)30-24-12-16(2)27-17(3)28-24/h6-14H,5H2,1-4H3,(H2,27,28,29,30,31)/p-1/b19-13+. The third kappa shape index (κ3) is 6.58. The van der Waals surface area contributed by atoms with E-state index in [9.17, 15) is 18.5 Å². The van der Waals surface area contributed by atoms with Crippen molar-refractivity contribution in [2.24, 2.45) is 0 Å². The summed E-state index contributed by atoms with van der Waals surface area (Å²) in [4.78, 5) is 20.7. The van der Waals surface area contributed by atoms with Crippen LogP contribution in [0, 0.1) is 25.2 Å². The summed E-state index contributed by atoms with van der Waals surface area (Å²) in [6, 6.07) is 13.8. The molecule has 0 aliphatic heterocycles. The van der Waals surface area contributed by atoms with E-state index in [2.05, 4.69) is 20.0 Å². The second-order valence-corrected chi connectivity index (χ2v) is 9.08. The number of carbonyl (C=O) groups is 1. The molecule has 11 heteroatoms. The Balaban J connectivity index is 1.74. The van der Waals surface area contributed by atoms with Crippen molar-refractivity contribution in [2.75, 3.05) is 19.0 Å². The van der Waals surface area contributed by atoms with E-state index >= 15 is 0 Å². The first kappa shape index (κ1) is 26.2. The lowest BCUT2D eigenvalue weighted by molar-refractivity contribution is -0.112. The van der Waals surface area contributed by atoms with Crippen LogP contribution in [0.1, 0.15) is 24.0 Å². The number of carbonyl (C=O) groups excluding carboxylic acids is 1. The van der Waals surface area contributed by atoms with Crippen molar-refractivity contribution in [3.63, 3.8) is 0 Å². The molecule has 2 aromatic carbocycles. The van der Waals surface area contributed by atoms with Gasteiger partial charge in [-0.25, -0.2) is 8.42 Å². The summed E-state index contributed by atoms with van der Waals surface area (Å²) in [6.07, 6.45) is 1.41. The smallest absolute Gasteiger partial charge is 0.266 e. The second-order valence-electron chi connectivity index (χ2n) is 7.47. The average molecular weight is 507 g/mol. The van der Waals surface area contributed by atoms with Crippen LogP contribution in [0.5, 0.6) is 11.5 Å². The number of anilines is 1. The van der Waals surface area contributed by atoms with Crippen molar-refractivity contribution in [3.8, 4) is 17.6 Å². The van der Waals surface area contributed by atoms with Crippen LogP contribution in [0.2, 0.25) is 0 Å². The number of aryl methyl sites for hydroxylation is 2. The van der Waals surface area contributed by atoms with Gasteiger partial charge in [0.05, 0.1) is 18.6 Å². The van der Waals surface area contributed by atoms with Crippen molar-refractivity contribution < 1.29 is 22.7 Å². The van der Waals surface area contributed by atoms with Crippen molar-refractivity contribution in [3.05, 3.63) is 75.9 Å². The fourth-order valence-corrected chi connectivity index (χ4v) is 4.12. The van der Waals surface area contributed by atoms with Gasteiger partial charge in [0.1, 0.15) is 11.6 Å². The summed E-state index contributed by atoms with van der Waals surface area (Å²) < 4.78 is 39.8. The van der Waals surface area contributed by atoms with Crippen LogP contribution in [0.4, 0.5) is 11.5 Å². The first-order chi connectivity index (χ1) is 17.1. The maximum Gasteiger partial charge on any atom is 0.266 e. The largest absolute Gasteiger partial charge is 0.493 e. The number of ether oxygens (including phenoxy) is 2. The SMILES string of the molecule is CCOc1ccc(/C=C(\C#N)C(=O)Nc2ccc(S(=O)(=O)[N-]c3cc(C)nc(C)n3)cc2)cc1OC. The molecule has 0 saturated carbocycles. The zero-order valence-electron chi connectivity index (χ0n) is 20.1. The van der Waals surface area contributed by atoms with E-state index < -0.39 is 15.9 Å². The van der Waals surface area contributed by atoms with E-state index in [0.717, 1.165) is 0 Å². The Hall–Kier alpha value is -4.43. The van der Waals surface area contributed by atoms with Gasteiger partial charge in [0, 0.05) is 17.2 Å². The molecule has 0 bridgehead atoms. The van der Waals surface area contributed by atoms with E-state index in [-0.39, 0.29) is 16.3 Å². The van der Waals surface area contributed by atoms with Gasteiger partial charge in [-0.15, -0.1) is 0 Å². The van der Waals surface area contributed by atoms with Crippen molar-refractivity contribution in [1.29, 1.82) is 5.26 Å². The van der Waals surface area contributed by atoms with E-state index in [1.54, 1.807) is 32.0 Å². The Kier molecular flexibility index (Phi) is 8.24. The van der Waals surface area contributed by atoms with Crippen LogP contribution in [-0.2, 0) is 14.8 Å². The number of methoxy groups -OCH3 is 1. The molecule has 0 atom stereocenters. The highest BCUT2D eigenvalue weighted by Gasteiger charge is 2.14. The van der Waals surface area contributed by atoms with Gasteiger partial charge in [0.15, 0.2) is 11.5 Å². The van der Waals surface area contributed by atoms with Gasteiger partial charge in [0.25, 0.3) is 5.91 Å². The second kappa shape index (κ2) is 11.3. The number of hydrogen-bond donors (Lipinski definition) is 1. The van der Waals surface area contributed by atoms with Gasteiger partial charge in [-0.05, 0) is 80.7 Å². The summed E-state index contributed by atoms with van der Waals surface area (Å²) in [6.45, 7) is 5.67. The summed E-state index contributed by atoms with van der Waals surface area (Å²) in [5.74, 6) is 0.807. The van der Waals surface area contributed by atoms with Crippen LogP contribution in [0.3, 0.4) is 0 Å². The number of amides is 1. The van der Waals surface area contributed by atoms with Gasteiger partial charge in [-0.3, -0.25) is 9.78 Å². The molecule has 1 amide bonds. The van der Waals surface area contributed by atoms with E-state index in [1.807, 2.05) is 13.0 Å². The number of rotatable bonds is 9. The maximum absolute atomic E-state index is 12.6. The van der Waals surface area contributed by atoms with Gasteiger partial charge in [0.2, 0.25) is 10.0 Å². The van der Waals surface area contributed by atoms with Crippen LogP contribution in [0.25, 0.3) is 10.8 Å². The molecule has 0 saturated heterocycles. The van der Waals surface area contributed by atoms with Crippen LogP contribution in [-0.4, -0.2) is 38.0 Å². The number of nitriles is 1. The van der Waals surface area contributed by atoms with Crippen LogP contribution in [0.15, 0.2) is 59.0 Å². The first-order valence-corrected chi connectivity index (χ1v) is 12.2. The Labute approximate surface area is 209 Å². The van der Waals surface area contributed by atoms with Crippen molar-refractivity contribution in [1.82, 2.24) is 9.97 Å². The lowest BCUT2D eigenvalue weighted by atomic mass is 10.1. The number of aromatic nitrogens is 2. The topological polar surface area (TPSA) is 145 Å². The minimum Gasteiger partial charge on any atom is -0.493 e. The molecule has 3 rings (SSSR count). The third-order valence-corrected chi connectivity index (χ3v) is 6.04. The minimum absolute atomic E-state index is 0.0344. The lowest BCUT2D eigenvalue weighted by Crippen LogP contribution is -2.13. The van der Waals surface area contributed by atoms with Crippen LogP contribution >= 0.6 is 0 Å². The highest BCUT2D eigenvalue weighted by Crippen LogP contribution is 2.29. The molecule has 186 valence electrons. The predicted molar refractivity (Wildman–Crippen MR) is 135 cm³/mol. The van der Waals surface area contributed by atoms with Gasteiger partial charge < -0.3 is 24.5 Å². The molecule has 0 spiro atoms. The zero-order valence-corrected chi connectivity index (χ0v) is 21.0. The summed E-state index contributed by atoms with van der Waals surface area (Å²) in [5, 5.41) is 12.1. The summed E-state index contributed by atoms with van der Waals surface area (Å²) >= 11 is 0. The Morgan fingerprint density at radius 1 is 1.11 bits per heavy atom. The molecular weight excluding hydrogens is 482 g/mol. The first-order valence-electron chi connectivity index (χ1n) is 10.8. The highest BCUT2D eigenvalue weighted by molar-refractivity contribution is 7.94. The van der Waals surface area contributed by atoms with Gasteiger partial charge >= 0.3 is 0 Å². The molecule has 0 radical (unpaired) electrons. The molecule has 1 N–H and O–H groups in total. The highest BCUT2D eigenvalue weighted by atomic mass is 32.2. The minimum atomic E-state index is -4.03. The third-order valence-electron chi connectivity index (χ3n) is 4.74. The Bertz CT molecular complexity index is 1420. The molecule has 3 aromatic rings. The van der Waals surface area contributed by atoms with Crippen molar-refractivity contribution >= 4 is 33.5 Å². The molecule has 36 heavy (non-hydrogen) atoms. The van der Waals surface area contributed by atoms with E-state index in [4.69, 9.17) is 9.47 Å². The molecular formula is C25H24N5O5S-. The quantitative estimate of drug-likeness (QED) is 0.331. The summed E-state index contributed by atoms with van der Waals surface area (Å²) in [5.41, 5.74) is 1.32. The molecule has 1 heterocycles. The average Bonchev–Trinajstić information content (AvgIpc) is 2.82. The molecule has 1 aromatic heterocycles. The van der Waals surface area contributed by atoms with Crippen molar-refractivity contribution in [2.45, 2.75) is 25.7 Å². The van der Waals surface area contributed by atoms with Gasteiger partial charge in [-0.2, -0.15) is 5.26 Å². The zero-order chi connectivity index (χ0) is 26.3. The number of benzene rings is 2. The normalized spacial score (nSPS) is 11.4. The molecule has 0 aliphatic rings. The fraction of sp³-hybridized carbons (Fsp3) is 0.200. The fourth-order valence-electron chi connectivity index (χ4n) is 3.19. The maximum atomic E-state index is 12.6. The number of nitrogens with one attached hydrogen (secondary N) is 1. The monoisotopic (exact) mass is 506 g/mol. The summed E-state index contributed by atoms with van der Waals surface area (Å²) in [7, 11) is -2.54. The molecule has 0 aliphatic carbocycles. The van der Waals surface area contributed by atoms with Gasteiger partial charge in [-0.1, -0.05) is 6.07 Å².